The van der Waals surface area contributed by atoms with Gasteiger partial charge in [0.25, 0.3) is 0 Å². The molecule has 0 aromatic heterocycles. The van der Waals surface area contributed by atoms with Crippen LogP contribution in [0.5, 0.6) is 5.75 Å². The summed E-state index contributed by atoms with van der Waals surface area (Å²) in [5.41, 5.74) is 1.72. The highest BCUT2D eigenvalue weighted by molar-refractivity contribution is 5.53. The summed E-state index contributed by atoms with van der Waals surface area (Å²) in [4.78, 5) is 0. The molecule has 0 fully saturated rings. The number of methoxy groups -OCH3 is 1. The third-order valence-corrected chi connectivity index (χ3v) is 2.65. The summed E-state index contributed by atoms with van der Waals surface area (Å²) in [6.45, 7) is 5.70. The van der Waals surface area contributed by atoms with E-state index < -0.39 is 5.60 Å². The van der Waals surface area contributed by atoms with Crippen molar-refractivity contribution >= 4 is 6.08 Å². The van der Waals surface area contributed by atoms with E-state index in [1.807, 2.05) is 32.9 Å². The minimum atomic E-state index is -0.583. The van der Waals surface area contributed by atoms with Gasteiger partial charge in [0.1, 0.15) is 5.75 Å². The predicted molar refractivity (Wildman–Crippen MR) is 72.3 cm³/mol. The molecular formula is C15H22O2. The SMILES string of the molecule is COc1ccc(/C=C/CCC(C)(C)O)cc1C. The lowest BCUT2D eigenvalue weighted by molar-refractivity contribution is 0.0722. The summed E-state index contributed by atoms with van der Waals surface area (Å²) in [6, 6.07) is 6.11. The summed E-state index contributed by atoms with van der Waals surface area (Å²) in [7, 11) is 1.68. The van der Waals surface area contributed by atoms with E-state index in [2.05, 4.69) is 18.2 Å². The lowest BCUT2D eigenvalue weighted by Crippen LogP contribution is -2.17. The van der Waals surface area contributed by atoms with E-state index >= 15 is 0 Å². The van der Waals surface area contributed by atoms with Crippen molar-refractivity contribution in [3.8, 4) is 5.75 Å². The summed E-state index contributed by atoms with van der Waals surface area (Å²) in [5, 5.41) is 9.58. The fourth-order valence-corrected chi connectivity index (χ4v) is 1.66. The Morgan fingerprint density at radius 1 is 1.35 bits per heavy atom. The van der Waals surface area contributed by atoms with E-state index in [1.165, 1.54) is 5.56 Å². The maximum Gasteiger partial charge on any atom is 0.121 e. The quantitative estimate of drug-likeness (QED) is 0.844. The molecule has 0 aliphatic rings. The van der Waals surface area contributed by atoms with Gasteiger partial charge in [-0.25, -0.2) is 0 Å². The summed E-state index contributed by atoms with van der Waals surface area (Å²) < 4.78 is 5.21. The molecule has 17 heavy (non-hydrogen) atoms. The molecular weight excluding hydrogens is 212 g/mol. The van der Waals surface area contributed by atoms with E-state index in [9.17, 15) is 5.11 Å². The molecule has 0 aliphatic carbocycles. The van der Waals surface area contributed by atoms with Crippen molar-refractivity contribution in [2.75, 3.05) is 7.11 Å². The van der Waals surface area contributed by atoms with Gasteiger partial charge in [-0.15, -0.1) is 0 Å². The van der Waals surface area contributed by atoms with Crippen molar-refractivity contribution in [2.24, 2.45) is 0 Å². The molecule has 0 saturated carbocycles. The Hall–Kier alpha value is -1.28. The number of benzene rings is 1. The van der Waals surface area contributed by atoms with Crippen molar-refractivity contribution in [3.05, 3.63) is 35.4 Å². The first-order chi connectivity index (χ1) is 7.92. The van der Waals surface area contributed by atoms with Gasteiger partial charge >= 0.3 is 0 Å². The molecule has 2 nitrogen and oxygen atoms in total. The highest BCUT2D eigenvalue weighted by atomic mass is 16.5. The molecule has 0 saturated heterocycles. The summed E-state index contributed by atoms with van der Waals surface area (Å²) in [6.07, 6.45) is 5.84. The van der Waals surface area contributed by atoms with Gasteiger partial charge < -0.3 is 9.84 Å². The second-order valence-electron chi connectivity index (χ2n) is 4.98. The predicted octanol–water partition coefficient (Wildman–Crippen LogP) is 3.57. The molecule has 0 radical (unpaired) electrons. The van der Waals surface area contributed by atoms with Crippen LogP contribution in [0.1, 0.15) is 37.8 Å². The fraction of sp³-hybridized carbons (Fsp3) is 0.467. The Morgan fingerprint density at radius 2 is 2.06 bits per heavy atom. The number of hydrogen-bond acceptors (Lipinski definition) is 2. The molecule has 0 heterocycles. The number of ether oxygens (including phenoxy) is 1. The maximum absolute atomic E-state index is 9.58. The van der Waals surface area contributed by atoms with Crippen LogP contribution >= 0.6 is 0 Å². The zero-order valence-electron chi connectivity index (χ0n) is 11.2. The lowest BCUT2D eigenvalue weighted by Gasteiger charge is -2.14. The van der Waals surface area contributed by atoms with E-state index in [1.54, 1.807) is 7.11 Å². The van der Waals surface area contributed by atoms with Gasteiger partial charge in [-0.2, -0.15) is 0 Å². The number of aliphatic hydroxyl groups is 1. The van der Waals surface area contributed by atoms with Crippen molar-refractivity contribution in [1.29, 1.82) is 0 Å². The van der Waals surface area contributed by atoms with Crippen LogP contribution < -0.4 is 4.74 Å². The average molecular weight is 234 g/mol. The number of allylic oxidation sites excluding steroid dienone is 1. The zero-order valence-corrected chi connectivity index (χ0v) is 11.2. The van der Waals surface area contributed by atoms with Crippen molar-refractivity contribution < 1.29 is 9.84 Å². The van der Waals surface area contributed by atoms with E-state index in [-0.39, 0.29) is 0 Å². The highest BCUT2D eigenvalue weighted by Crippen LogP contribution is 2.19. The molecule has 0 spiro atoms. The van der Waals surface area contributed by atoms with Gasteiger partial charge in [0.2, 0.25) is 0 Å². The third-order valence-electron chi connectivity index (χ3n) is 2.65. The average Bonchev–Trinajstić information content (AvgIpc) is 2.23. The second-order valence-corrected chi connectivity index (χ2v) is 4.98. The highest BCUT2D eigenvalue weighted by Gasteiger charge is 2.09. The maximum atomic E-state index is 9.58. The van der Waals surface area contributed by atoms with Crippen molar-refractivity contribution in [2.45, 2.75) is 39.2 Å². The molecule has 0 bridgehead atoms. The van der Waals surface area contributed by atoms with Crippen molar-refractivity contribution in [3.63, 3.8) is 0 Å². The monoisotopic (exact) mass is 234 g/mol. The smallest absolute Gasteiger partial charge is 0.121 e. The lowest BCUT2D eigenvalue weighted by atomic mass is 10.0. The normalized spacial score (nSPS) is 12.1. The first-order valence-corrected chi connectivity index (χ1v) is 5.96. The Morgan fingerprint density at radius 3 is 2.59 bits per heavy atom. The molecule has 0 atom stereocenters. The van der Waals surface area contributed by atoms with Gasteiger partial charge in [-0.05, 0) is 56.9 Å². The Bertz CT molecular complexity index is 386. The van der Waals surface area contributed by atoms with Crippen LogP contribution in [0.2, 0.25) is 0 Å². The number of aryl methyl sites for hydroxylation is 1. The molecule has 1 aromatic rings. The largest absolute Gasteiger partial charge is 0.496 e. The molecule has 1 N–H and O–H groups in total. The van der Waals surface area contributed by atoms with E-state index in [0.717, 1.165) is 24.2 Å². The van der Waals surface area contributed by atoms with Gasteiger partial charge in [-0.1, -0.05) is 18.2 Å². The van der Waals surface area contributed by atoms with Gasteiger partial charge in [-0.3, -0.25) is 0 Å². The molecule has 0 amide bonds. The Balaban J connectivity index is 2.57. The van der Waals surface area contributed by atoms with Gasteiger partial charge in [0, 0.05) is 0 Å². The zero-order chi connectivity index (χ0) is 12.9. The second kappa shape index (κ2) is 5.87. The molecule has 1 rings (SSSR count). The summed E-state index contributed by atoms with van der Waals surface area (Å²) >= 11 is 0. The first kappa shape index (κ1) is 13.8. The standard InChI is InChI=1S/C15H22O2/c1-12-11-13(8-9-14(12)17-4)7-5-6-10-15(2,3)16/h5,7-9,11,16H,6,10H2,1-4H3/b7-5+. The minimum Gasteiger partial charge on any atom is -0.496 e. The van der Waals surface area contributed by atoms with Crippen LogP contribution in [0.25, 0.3) is 6.08 Å². The van der Waals surface area contributed by atoms with Gasteiger partial charge in [0.15, 0.2) is 0 Å². The molecule has 0 unspecified atom stereocenters. The van der Waals surface area contributed by atoms with Crippen LogP contribution in [0.3, 0.4) is 0 Å². The topological polar surface area (TPSA) is 29.5 Å². The first-order valence-electron chi connectivity index (χ1n) is 5.96. The van der Waals surface area contributed by atoms with Gasteiger partial charge in [0.05, 0.1) is 12.7 Å². The van der Waals surface area contributed by atoms with Crippen molar-refractivity contribution in [1.82, 2.24) is 0 Å². The molecule has 2 heteroatoms. The van der Waals surface area contributed by atoms with E-state index in [0.29, 0.717) is 0 Å². The van der Waals surface area contributed by atoms with E-state index in [4.69, 9.17) is 4.74 Å². The van der Waals surface area contributed by atoms with Crippen LogP contribution in [0.15, 0.2) is 24.3 Å². The molecule has 0 aliphatic heterocycles. The third kappa shape index (κ3) is 5.05. The Kier molecular flexibility index (Phi) is 4.76. The minimum absolute atomic E-state index is 0.583. The summed E-state index contributed by atoms with van der Waals surface area (Å²) in [5.74, 6) is 0.915. The van der Waals surface area contributed by atoms with Crippen LogP contribution in [-0.2, 0) is 0 Å². The van der Waals surface area contributed by atoms with Crippen LogP contribution in [0.4, 0.5) is 0 Å². The van der Waals surface area contributed by atoms with Crippen LogP contribution in [0, 0.1) is 6.92 Å². The Labute approximate surface area is 104 Å². The number of rotatable bonds is 5. The number of hydrogen-bond donors (Lipinski definition) is 1. The molecule has 94 valence electrons. The fourth-order valence-electron chi connectivity index (χ4n) is 1.66. The molecule has 1 aromatic carbocycles. The van der Waals surface area contributed by atoms with Crippen LogP contribution in [-0.4, -0.2) is 17.8 Å².